The van der Waals surface area contributed by atoms with Crippen LogP contribution in [0.2, 0.25) is 0 Å². The van der Waals surface area contributed by atoms with E-state index in [0.29, 0.717) is 6.04 Å². The minimum Gasteiger partial charge on any atom is -0.390 e. The predicted octanol–water partition coefficient (Wildman–Crippen LogP) is 1.27. The summed E-state index contributed by atoms with van der Waals surface area (Å²) in [6.07, 6.45) is 3.56. The van der Waals surface area contributed by atoms with Gasteiger partial charge in [0.25, 0.3) is 0 Å². The third-order valence-electron chi connectivity index (χ3n) is 4.64. The Balaban J connectivity index is 1.49. The quantitative estimate of drug-likeness (QED) is 0.859. The number of likely N-dealkylation sites (tertiary alicyclic amines) is 1. The molecule has 2 aliphatic rings. The lowest BCUT2D eigenvalue weighted by molar-refractivity contribution is 0.0587. The molecule has 0 aliphatic carbocycles. The third kappa shape index (κ3) is 3.16. The minimum atomic E-state index is -0.175. The van der Waals surface area contributed by atoms with Crippen LogP contribution in [0.25, 0.3) is 0 Å². The largest absolute Gasteiger partial charge is 0.390 e. The van der Waals surface area contributed by atoms with Gasteiger partial charge in [-0.2, -0.15) is 0 Å². The van der Waals surface area contributed by atoms with Crippen LogP contribution in [0, 0.1) is 5.92 Å². The highest BCUT2D eigenvalue weighted by Gasteiger charge is 2.32. The number of aliphatic hydroxyl groups excluding tert-OH is 1. The van der Waals surface area contributed by atoms with Crippen molar-refractivity contribution in [2.24, 2.45) is 5.92 Å². The lowest BCUT2D eigenvalue weighted by Crippen LogP contribution is -2.47. The zero-order valence-corrected chi connectivity index (χ0v) is 11.5. The maximum absolute atomic E-state index is 9.94. The van der Waals surface area contributed by atoms with Gasteiger partial charge in [-0.15, -0.1) is 0 Å². The first-order valence-corrected chi connectivity index (χ1v) is 7.49. The lowest BCUT2D eigenvalue weighted by atomic mass is 9.89. The first kappa shape index (κ1) is 13.1. The van der Waals surface area contributed by atoms with E-state index >= 15 is 0 Å². The van der Waals surface area contributed by atoms with E-state index in [1.165, 1.54) is 24.8 Å². The summed E-state index contributed by atoms with van der Waals surface area (Å²) in [6, 6.07) is 11.2. The molecule has 1 aromatic rings. The van der Waals surface area contributed by atoms with E-state index in [1.807, 2.05) is 0 Å². The average Bonchev–Trinajstić information content (AvgIpc) is 2.87. The minimum absolute atomic E-state index is 0.175. The van der Waals surface area contributed by atoms with Crippen molar-refractivity contribution >= 4 is 0 Å². The molecule has 3 rings (SSSR count). The molecule has 19 heavy (non-hydrogen) atoms. The number of aliphatic hydroxyl groups is 1. The molecule has 2 aliphatic heterocycles. The van der Waals surface area contributed by atoms with Gasteiger partial charge in [-0.05, 0) is 43.8 Å². The molecule has 0 spiro atoms. The second-order valence-electron chi connectivity index (χ2n) is 5.96. The van der Waals surface area contributed by atoms with Crippen LogP contribution in [-0.2, 0) is 6.42 Å². The van der Waals surface area contributed by atoms with Gasteiger partial charge in [-0.25, -0.2) is 0 Å². The summed E-state index contributed by atoms with van der Waals surface area (Å²) in [4.78, 5) is 2.48. The molecule has 2 N–H and O–H groups in total. The summed E-state index contributed by atoms with van der Waals surface area (Å²) in [7, 11) is 0. The number of nitrogens with zero attached hydrogens (tertiary/aromatic N) is 1. The van der Waals surface area contributed by atoms with Gasteiger partial charge in [0.1, 0.15) is 0 Å². The van der Waals surface area contributed by atoms with Crippen molar-refractivity contribution in [3.8, 4) is 0 Å². The van der Waals surface area contributed by atoms with Gasteiger partial charge in [0, 0.05) is 19.1 Å². The Hall–Kier alpha value is -0.900. The number of piperidine rings is 1. The molecule has 2 fully saturated rings. The van der Waals surface area contributed by atoms with Crippen LogP contribution in [0.15, 0.2) is 30.3 Å². The van der Waals surface area contributed by atoms with Gasteiger partial charge in [-0.1, -0.05) is 30.3 Å². The highest BCUT2D eigenvalue weighted by atomic mass is 16.3. The molecule has 0 bridgehead atoms. The van der Waals surface area contributed by atoms with Crippen LogP contribution < -0.4 is 5.32 Å². The summed E-state index contributed by atoms with van der Waals surface area (Å²) < 4.78 is 0. The Bertz CT molecular complexity index is 387. The second-order valence-corrected chi connectivity index (χ2v) is 5.96. The molecule has 2 saturated heterocycles. The zero-order valence-electron chi connectivity index (χ0n) is 11.5. The fourth-order valence-electron chi connectivity index (χ4n) is 3.46. The number of rotatable bonds is 3. The van der Waals surface area contributed by atoms with Crippen molar-refractivity contribution in [1.82, 2.24) is 10.2 Å². The lowest BCUT2D eigenvalue weighted by Gasteiger charge is -2.37. The molecular formula is C16H24N2O. The predicted molar refractivity (Wildman–Crippen MR) is 77.1 cm³/mol. The first-order valence-electron chi connectivity index (χ1n) is 7.49. The van der Waals surface area contributed by atoms with Crippen molar-refractivity contribution in [2.75, 3.05) is 26.2 Å². The van der Waals surface area contributed by atoms with Crippen LogP contribution in [-0.4, -0.2) is 48.3 Å². The van der Waals surface area contributed by atoms with Crippen LogP contribution >= 0.6 is 0 Å². The van der Waals surface area contributed by atoms with Crippen LogP contribution in [0.1, 0.15) is 18.4 Å². The van der Waals surface area contributed by atoms with E-state index in [2.05, 4.69) is 40.5 Å². The average molecular weight is 260 g/mol. The SMILES string of the molecule is O[C@H]1CNC[C@@H]1N1CCC(Cc2ccccc2)CC1. The van der Waals surface area contributed by atoms with Gasteiger partial charge < -0.3 is 10.4 Å². The van der Waals surface area contributed by atoms with E-state index in [4.69, 9.17) is 0 Å². The molecular weight excluding hydrogens is 236 g/mol. The second kappa shape index (κ2) is 6.04. The number of hydrogen-bond acceptors (Lipinski definition) is 3. The highest BCUT2D eigenvalue weighted by molar-refractivity contribution is 5.15. The summed E-state index contributed by atoms with van der Waals surface area (Å²) >= 11 is 0. The number of nitrogens with one attached hydrogen (secondary N) is 1. The third-order valence-corrected chi connectivity index (χ3v) is 4.64. The molecule has 1 aromatic carbocycles. The molecule has 0 radical (unpaired) electrons. The van der Waals surface area contributed by atoms with Gasteiger partial charge in [0.2, 0.25) is 0 Å². The smallest absolute Gasteiger partial charge is 0.0831 e. The molecule has 2 heterocycles. The fraction of sp³-hybridized carbons (Fsp3) is 0.625. The number of β-amino-alcohol motifs (C(OH)–C–C–N with tert-alkyl or cyclic N) is 1. The first-order chi connectivity index (χ1) is 9.33. The normalized spacial score (nSPS) is 29.7. The van der Waals surface area contributed by atoms with E-state index in [-0.39, 0.29) is 6.10 Å². The van der Waals surface area contributed by atoms with E-state index < -0.39 is 0 Å². The number of benzene rings is 1. The maximum Gasteiger partial charge on any atom is 0.0831 e. The van der Waals surface area contributed by atoms with Crippen LogP contribution in [0.3, 0.4) is 0 Å². The molecule has 2 atom stereocenters. The maximum atomic E-state index is 9.94. The van der Waals surface area contributed by atoms with E-state index in [9.17, 15) is 5.11 Å². The Morgan fingerprint density at radius 3 is 2.47 bits per heavy atom. The molecule has 3 heteroatoms. The molecule has 0 aromatic heterocycles. The molecule has 0 saturated carbocycles. The fourth-order valence-corrected chi connectivity index (χ4v) is 3.46. The van der Waals surface area contributed by atoms with Crippen molar-refractivity contribution in [2.45, 2.75) is 31.4 Å². The van der Waals surface area contributed by atoms with Gasteiger partial charge in [0.05, 0.1) is 6.10 Å². The molecule has 0 unspecified atom stereocenters. The van der Waals surface area contributed by atoms with Gasteiger partial charge >= 0.3 is 0 Å². The topological polar surface area (TPSA) is 35.5 Å². The van der Waals surface area contributed by atoms with Crippen molar-refractivity contribution in [1.29, 1.82) is 0 Å². The molecule has 3 nitrogen and oxygen atoms in total. The van der Waals surface area contributed by atoms with Crippen molar-refractivity contribution in [3.63, 3.8) is 0 Å². The zero-order chi connectivity index (χ0) is 13.1. The Morgan fingerprint density at radius 1 is 1.11 bits per heavy atom. The molecule has 0 amide bonds. The Morgan fingerprint density at radius 2 is 1.84 bits per heavy atom. The standard InChI is InChI=1S/C16H24N2O/c19-16-12-17-11-15(16)18-8-6-14(7-9-18)10-13-4-2-1-3-5-13/h1-5,14-17,19H,6-12H2/t15-,16-/m0/s1. The highest BCUT2D eigenvalue weighted by Crippen LogP contribution is 2.24. The summed E-state index contributed by atoms with van der Waals surface area (Å²) in [5.41, 5.74) is 1.46. The van der Waals surface area contributed by atoms with Crippen molar-refractivity contribution in [3.05, 3.63) is 35.9 Å². The monoisotopic (exact) mass is 260 g/mol. The van der Waals surface area contributed by atoms with Crippen LogP contribution in [0.5, 0.6) is 0 Å². The van der Waals surface area contributed by atoms with Gasteiger partial charge in [-0.3, -0.25) is 4.90 Å². The number of hydrogen-bond donors (Lipinski definition) is 2. The van der Waals surface area contributed by atoms with E-state index in [0.717, 1.165) is 32.1 Å². The van der Waals surface area contributed by atoms with E-state index in [1.54, 1.807) is 0 Å². The molecule has 104 valence electrons. The Kier molecular flexibility index (Phi) is 4.16. The summed E-state index contributed by atoms with van der Waals surface area (Å²) in [6.45, 7) is 3.99. The Labute approximate surface area is 115 Å². The van der Waals surface area contributed by atoms with Gasteiger partial charge in [0.15, 0.2) is 0 Å². The summed E-state index contributed by atoms with van der Waals surface area (Å²) in [5.74, 6) is 0.810. The van der Waals surface area contributed by atoms with Crippen molar-refractivity contribution < 1.29 is 5.11 Å². The summed E-state index contributed by atoms with van der Waals surface area (Å²) in [5, 5.41) is 13.2. The van der Waals surface area contributed by atoms with Crippen LogP contribution in [0.4, 0.5) is 0 Å².